The van der Waals surface area contributed by atoms with Gasteiger partial charge in [-0.25, -0.2) is 0 Å². The fourth-order valence-corrected chi connectivity index (χ4v) is 1.28. The number of nitrogens with one attached hydrogen (secondary N) is 1. The molecule has 0 bridgehead atoms. The second-order valence-electron chi connectivity index (χ2n) is 3.25. The zero-order valence-electron chi connectivity index (χ0n) is 8.62. The second kappa shape index (κ2) is 4.97. The first-order valence-corrected chi connectivity index (χ1v) is 4.84. The highest BCUT2D eigenvalue weighted by molar-refractivity contribution is 4.84. The van der Waals surface area contributed by atoms with Gasteiger partial charge in [0.1, 0.15) is 12.2 Å². The molecule has 0 fully saturated rings. The van der Waals surface area contributed by atoms with E-state index in [1.165, 1.54) is 0 Å². The Hall–Kier alpha value is -0.900. The predicted molar refractivity (Wildman–Crippen MR) is 52.2 cm³/mol. The van der Waals surface area contributed by atoms with Gasteiger partial charge in [-0.05, 0) is 12.8 Å². The Labute approximate surface area is 79.4 Å². The molecule has 1 rings (SSSR count). The maximum atomic E-state index is 4.01. The molecular weight excluding hydrogens is 164 g/mol. The van der Waals surface area contributed by atoms with Crippen molar-refractivity contribution >= 4 is 0 Å². The smallest absolute Gasteiger partial charge is 0.146 e. The minimum Gasteiger partial charge on any atom is -0.320 e. The lowest BCUT2D eigenvalue weighted by Crippen LogP contribution is -2.28. The van der Waals surface area contributed by atoms with Crippen LogP contribution in [0.25, 0.3) is 0 Å². The van der Waals surface area contributed by atoms with Crippen molar-refractivity contribution in [3.63, 3.8) is 0 Å². The van der Waals surface area contributed by atoms with Gasteiger partial charge in [-0.1, -0.05) is 13.8 Å². The molecule has 13 heavy (non-hydrogen) atoms. The van der Waals surface area contributed by atoms with Crippen molar-refractivity contribution in [1.82, 2.24) is 20.1 Å². The van der Waals surface area contributed by atoms with Crippen LogP contribution in [-0.4, -0.2) is 20.8 Å². The molecule has 1 heterocycles. The van der Waals surface area contributed by atoms with E-state index >= 15 is 0 Å². The van der Waals surface area contributed by atoms with Gasteiger partial charge in [-0.2, -0.15) is 0 Å². The van der Waals surface area contributed by atoms with Crippen molar-refractivity contribution in [2.45, 2.75) is 39.3 Å². The molecule has 0 atom stereocenters. The molecule has 0 aliphatic carbocycles. The normalized spacial score (nSPS) is 11.1. The Morgan fingerprint density at radius 1 is 1.46 bits per heavy atom. The summed E-state index contributed by atoms with van der Waals surface area (Å²) in [6.07, 6.45) is 4.05. The lowest BCUT2D eigenvalue weighted by Gasteiger charge is -2.13. The average Bonchev–Trinajstić information content (AvgIpc) is 2.54. The second-order valence-corrected chi connectivity index (χ2v) is 3.25. The van der Waals surface area contributed by atoms with Gasteiger partial charge in [-0.15, -0.1) is 10.2 Å². The Morgan fingerprint density at radius 2 is 2.15 bits per heavy atom. The molecule has 0 unspecified atom stereocenters. The first kappa shape index (κ1) is 10.2. The highest BCUT2D eigenvalue weighted by Crippen LogP contribution is 1.98. The SMILES string of the molecule is CCC(CC)NCc1nncn1C. The monoisotopic (exact) mass is 182 g/mol. The molecule has 4 nitrogen and oxygen atoms in total. The standard InChI is InChI=1S/C9H18N4/c1-4-8(5-2)10-6-9-12-11-7-13(9)3/h7-8,10H,4-6H2,1-3H3. The van der Waals surface area contributed by atoms with E-state index in [0.29, 0.717) is 6.04 Å². The third kappa shape index (κ3) is 2.81. The van der Waals surface area contributed by atoms with Gasteiger partial charge in [0.05, 0.1) is 6.54 Å². The van der Waals surface area contributed by atoms with Crippen molar-refractivity contribution in [1.29, 1.82) is 0 Å². The Balaban J connectivity index is 2.38. The quantitative estimate of drug-likeness (QED) is 0.741. The fraction of sp³-hybridized carbons (Fsp3) is 0.778. The molecule has 0 aliphatic rings. The first-order chi connectivity index (χ1) is 6.27. The van der Waals surface area contributed by atoms with E-state index in [4.69, 9.17) is 0 Å². The zero-order chi connectivity index (χ0) is 9.68. The van der Waals surface area contributed by atoms with Gasteiger partial charge in [0.2, 0.25) is 0 Å². The van der Waals surface area contributed by atoms with Crippen LogP contribution in [-0.2, 0) is 13.6 Å². The molecule has 0 radical (unpaired) electrons. The first-order valence-electron chi connectivity index (χ1n) is 4.84. The van der Waals surface area contributed by atoms with E-state index in [-0.39, 0.29) is 0 Å². The maximum Gasteiger partial charge on any atom is 0.146 e. The summed E-state index contributed by atoms with van der Waals surface area (Å²) in [7, 11) is 1.96. The lowest BCUT2D eigenvalue weighted by molar-refractivity contribution is 0.471. The topological polar surface area (TPSA) is 42.7 Å². The third-order valence-corrected chi connectivity index (χ3v) is 2.34. The Bertz CT molecular complexity index is 240. The minimum absolute atomic E-state index is 0.594. The molecule has 0 saturated carbocycles. The van der Waals surface area contributed by atoms with Crippen molar-refractivity contribution in [2.75, 3.05) is 0 Å². The molecule has 1 aromatic heterocycles. The number of aromatic nitrogens is 3. The van der Waals surface area contributed by atoms with Gasteiger partial charge in [0.25, 0.3) is 0 Å². The summed E-state index contributed by atoms with van der Waals surface area (Å²) in [5.41, 5.74) is 0. The van der Waals surface area contributed by atoms with Crippen LogP contribution < -0.4 is 5.32 Å². The van der Waals surface area contributed by atoms with E-state index in [9.17, 15) is 0 Å². The van der Waals surface area contributed by atoms with Crippen LogP contribution in [0.3, 0.4) is 0 Å². The average molecular weight is 182 g/mol. The molecule has 0 aliphatic heterocycles. The number of aryl methyl sites for hydroxylation is 1. The molecule has 1 aromatic rings. The van der Waals surface area contributed by atoms with Gasteiger partial charge in [0.15, 0.2) is 0 Å². The van der Waals surface area contributed by atoms with Crippen LogP contribution in [0.4, 0.5) is 0 Å². The molecule has 0 aromatic carbocycles. The van der Waals surface area contributed by atoms with Crippen molar-refractivity contribution < 1.29 is 0 Å². The molecule has 4 heteroatoms. The third-order valence-electron chi connectivity index (χ3n) is 2.34. The van der Waals surface area contributed by atoms with Gasteiger partial charge in [-0.3, -0.25) is 0 Å². The summed E-state index contributed by atoms with van der Waals surface area (Å²) in [5.74, 6) is 0.993. The largest absolute Gasteiger partial charge is 0.320 e. The Morgan fingerprint density at radius 3 is 2.62 bits per heavy atom. The Kier molecular flexibility index (Phi) is 3.89. The molecule has 74 valence electrons. The van der Waals surface area contributed by atoms with Crippen molar-refractivity contribution in [2.24, 2.45) is 7.05 Å². The summed E-state index contributed by atoms with van der Waals surface area (Å²) in [6.45, 7) is 5.19. The summed E-state index contributed by atoms with van der Waals surface area (Å²) >= 11 is 0. The number of hydrogen-bond acceptors (Lipinski definition) is 3. The van der Waals surface area contributed by atoms with E-state index in [2.05, 4.69) is 29.4 Å². The van der Waals surface area contributed by atoms with Gasteiger partial charge in [0, 0.05) is 13.1 Å². The van der Waals surface area contributed by atoms with E-state index in [1.54, 1.807) is 6.33 Å². The summed E-state index contributed by atoms with van der Waals surface area (Å²) in [6, 6.07) is 0.594. The predicted octanol–water partition coefficient (Wildman–Crippen LogP) is 1.09. The maximum absolute atomic E-state index is 4.01. The van der Waals surface area contributed by atoms with Crippen LogP contribution in [0.2, 0.25) is 0 Å². The van der Waals surface area contributed by atoms with E-state index < -0.39 is 0 Å². The summed E-state index contributed by atoms with van der Waals surface area (Å²) < 4.78 is 1.94. The highest BCUT2D eigenvalue weighted by Gasteiger charge is 2.04. The van der Waals surface area contributed by atoms with Gasteiger partial charge >= 0.3 is 0 Å². The molecule has 1 N–H and O–H groups in total. The number of hydrogen-bond donors (Lipinski definition) is 1. The number of nitrogens with zero attached hydrogens (tertiary/aromatic N) is 3. The fourth-order valence-electron chi connectivity index (χ4n) is 1.28. The van der Waals surface area contributed by atoms with Crippen LogP contribution >= 0.6 is 0 Å². The van der Waals surface area contributed by atoms with Crippen LogP contribution in [0.1, 0.15) is 32.5 Å². The summed E-state index contributed by atoms with van der Waals surface area (Å²) in [5, 5.41) is 11.3. The van der Waals surface area contributed by atoms with Crippen molar-refractivity contribution in [3.8, 4) is 0 Å². The molecular formula is C9H18N4. The highest BCUT2D eigenvalue weighted by atomic mass is 15.3. The molecule has 0 amide bonds. The van der Waals surface area contributed by atoms with Crippen LogP contribution in [0.5, 0.6) is 0 Å². The number of rotatable bonds is 5. The minimum atomic E-state index is 0.594. The summed E-state index contributed by atoms with van der Waals surface area (Å²) in [4.78, 5) is 0. The van der Waals surface area contributed by atoms with Gasteiger partial charge < -0.3 is 9.88 Å². The van der Waals surface area contributed by atoms with Crippen molar-refractivity contribution in [3.05, 3.63) is 12.2 Å². The van der Waals surface area contributed by atoms with Crippen LogP contribution in [0.15, 0.2) is 6.33 Å². The lowest BCUT2D eigenvalue weighted by atomic mass is 10.2. The molecule has 0 spiro atoms. The van der Waals surface area contributed by atoms with E-state index in [1.807, 2.05) is 11.6 Å². The van der Waals surface area contributed by atoms with Crippen LogP contribution in [0, 0.1) is 0 Å². The zero-order valence-corrected chi connectivity index (χ0v) is 8.62. The molecule has 0 saturated heterocycles. The van der Waals surface area contributed by atoms with E-state index in [0.717, 1.165) is 25.2 Å².